The van der Waals surface area contributed by atoms with Crippen molar-refractivity contribution in [3.05, 3.63) is 23.2 Å². The van der Waals surface area contributed by atoms with Crippen LogP contribution < -0.4 is 0 Å². The van der Waals surface area contributed by atoms with Crippen molar-refractivity contribution in [2.45, 2.75) is 26.4 Å². The molecule has 0 aromatic heterocycles. The summed E-state index contributed by atoms with van der Waals surface area (Å²) in [6, 6.07) is 0. The molecule has 1 N–H and O–H groups in total. The summed E-state index contributed by atoms with van der Waals surface area (Å²) in [5, 5.41) is 6.77. The Balaban J connectivity index is 4.49. The first kappa shape index (κ1) is 11.1. The fraction of sp³-hybridized carbons (Fsp3) is 0.444. The van der Waals surface area contributed by atoms with Crippen molar-refractivity contribution in [3.8, 4) is 0 Å². The molecule has 0 saturated heterocycles. The van der Waals surface area contributed by atoms with Crippen LogP contribution in [-0.2, 0) is 0 Å². The first-order valence-electron chi connectivity index (χ1n) is 3.72. The molecule has 0 aliphatic heterocycles. The fourth-order valence-electron chi connectivity index (χ4n) is 0.468. The molecule has 2 radical (unpaired) electrons. The Morgan fingerprint density at radius 3 is 2.25 bits per heavy atom. The standard InChI is InChI=1S/C9H13BFN/c1-7(9(2,3)11)4-5-8(10)6-12/h4-6,12H,1-3H3/b7-4+,8-5+,12-6?. The van der Waals surface area contributed by atoms with Crippen LogP contribution in [0.15, 0.2) is 23.2 Å². The highest BCUT2D eigenvalue weighted by atomic mass is 19.1. The lowest BCUT2D eigenvalue weighted by atomic mass is 9.94. The molecule has 0 saturated carbocycles. The molecule has 0 fully saturated rings. The maximum atomic E-state index is 13.1. The molecule has 0 rings (SSSR count). The van der Waals surface area contributed by atoms with E-state index in [1.165, 1.54) is 19.9 Å². The van der Waals surface area contributed by atoms with Gasteiger partial charge in [0.15, 0.2) is 0 Å². The molecule has 0 atom stereocenters. The number of nitrogens with one attached hydrogen (secondary N) is 1. The summed E-state index contributed by atoms with van der Waals surface area (Å²) in [6.45, 7) is 4.65. The van der Waals surface area contributed by atoms with E-state index >= 15 is 0 Å². The lowest BCUT2D eigenvalue weighted by Crippen LogP contribution is -2.12. The van der Waals surface area contributed by atoms with Crippen LogP contribution in [0.5, 0.6) is 0 Å². The summed E-state index contributed by atoms with van der Waals surface area (Å²) in [6.07, 6.45) is 4.12. The van der Waals surface area contributed by atoms with Gasteiger partial charge in [-0.1, -0.05) is 17.6 Å². The average molecular weight is 165 g/mol. The van der Waals surface area contributed by atoms with Crippen molar-refractivity contribution in [1.82, 2.24) is 0 Å². The molecule has 0 aliphatic carbocycles. The van der Waals surface area contributed by atoms with Crippen LogP contribution in [0.2, 0.25) is 0 Å². The Morgan fingerprint density at radius 2 is 1.92 bits per heavy atom. The molecule has 12 heavy (non-hydrogen) atoms. The quantitative estimate of drug-likeness (QED) is 0.377. The van der Waals surface area contributed by atoms with Crippen LogP contribution in [0.1, 0.15) is 20.8 Å². The van der Waals surface area contributed by atoms with Crippen LogP contribution >= 0.6 is 0 Å². The van der Waals surface area contributed by atoms with Gasteiger partial charge >= 0.3 is 0 Å². The number of rotatable bonds is 3. The molecule has 0 heterocycles. The lowest BCUT2D eigenvalue weighted by molar-refractivity contribution is 0.268. The summed E-state index contributed by atoms with van der Waals surface area (Å²) in [7, 11) is 5.32. The van der Waals surface area contributed by atoms with E-state index in [1.807, 2.05) is 0 Å². The number of allylic oxidation sites excluding steroid dienone is 4. The second kappa shape index (κ2) is 4.24. The molecule has 64 valence electrons. The third kappa shape index (κ3) is 4.11. The van der Waals surface area contributed by atoms with E-state index in [1.54, 1.807) is 13.0 Å². The molecule has 0 bridgehead atoms. The first-order valence-corrected chi connectivity index (χ1v) is 3.72. The molecule has 3 heteroatoms. The molecular weight excluding hydrogens is 152 g/mol. The number of halogens is 1. The predicted octanol–water partition coefficient (Wildman–Crippen LogP) is 2.38. The smallest absolute Gasteiger partial charge is 0.126 e. The maximum absolute atomic E-state index is 13.1. The zero-order valence-electron chi connectivity index (χ0n) is 7.69. The largest absolute Gasteiger partial charge is 0.309 e. The minimum atomic E-state index is -1.32. The first-order chi connectivity index (χ1) is 5.38. The third-order valence-corrected chi connectivity index (χ3v) is 1.63. The van der Waals surface area contributed by atoms with E-state index in [0.29, 0.717) is 11.0 Å². The van der Waals surface area contributed by atoms with Crippen molar-refractivity contribution >= 4 is 14.1 Å². The van der Waals surface area contributed by atoms with Gasteiger partial charge in [-0.3, -0.25) is 0 Å². The van der Waals surface area contributed by atoms with Crippen LogP contribution in [0.25, 0.3) is 0 Å². The van der Waals surface area contributed by atoms with E-state index in [4.69, 9.17) is 13.3 Å². The van der Waals surface area contributed by atoms with Crippen LogP contribution in [0.3, 0.4) is 0 Å². The van der Waals surface area contributed by atoms with E-state index in [0.717, 1.165) is 6.21 Å². The van der Waals surface area contributed by atoms with E-state index in [9.17, 15) is 4.39 Å². The summed E-state index contributed by atoms with van der Waals surface area (Å²) in [4.78, 5) is 0. The second-order valence-electron chi connectivity index (χ2n) is 3.13. The molecule has 0 aromatic carbocycles. The lowest BCUT2D eigenvalue weighted by Gasteiger charge is -2.13. The second-order valence-corrected chi connectivity index (χ2v) is 3.13. The number of hydrogen-bond acceptors (Lipinski definition) is 1. The SMILES string of the molecule is [B]/C(C=N)=C/C=C(\C)C(C)(C)F. The van der Waals surface area contributed by atoms with E-state index in [2.05, 4.69) is 0 Å². The van der Waals surface area contributed by atoms with E-state index < -0.39 is 5.67 Å². The highest BCUT2D eigenvalue weighted by Crippen LogP contribution is 2.19. The molecule has 0 unspecified atom stereocenters. The Kier molecular flexibility index (Phi) is 3.94. The number of hydrogen-bond donors (Lipinski definition) is 1. The fourth-order valence-corrected chi connectivity index (χ4v) is 0.468. The van der Waals surface area contributed by atoms with Gasteiger partial charge in [0.25, 0.3) is 0 Å². The van der Waals surface area contributed by atoms with Crippen molar-refractivity contribution < 1.29 is 4.39 Å². The minimum absolute atomic E-state index is 0.318. The predicted molar refractivity (Wildman–Crippen MR) is 51.6 cm³/mol. The van der Waals surface area contributed by atoms with Gasteiger partial charge in [-0.15, -0.1) is 0 Å². The van der Waals surface area contributed by atoms with E-state index in [-0.39, 0.29) is 0 Å². The molecule has 0 aromatic rings. The van der Waals surface area contributed by atoms with Gasteiger partial charge in [0.2, 0.25) is 0 Å². The molecule has 0 amide bonds. The van der Waals surface area contributed by atoms with Crippen molar-refractivity contribution in [2.24, 2.45) is 0 Å². The Labute approximate surface area is 74.3 Å². The van der Waals surface area contributed by atoms with Gasteiger partial charge in [-0.2, -0.15) is 0 Å². The molecule has 0 spiro atoms. The topological polar surface area (TPSA) is 23.9 Å². The Bertz CT molecular complexity index is 223. The highest BCUT2D eigenvalue weighted by Gasteiger charge is 2.16. The molecule has 1 nitrogen and oxygen atoms in total. The van der Waals surface area contributed by atoms with Crippen LogP contribution in [0.4, 0.5) is 4.39 Å². The summed E-state index contributed by atoms with van der Waals surface area (Å²) >= 11 is 0. The molecular formula is C9H13BFN. The monoisotopic (exact) mass is 165 g/mol. The summed E-state index contributed by atoms with van der Waals surface area (Å²) < 4.78 is 13.1. The van der Waals surface area contributed by atoms with Gasteiger partial charge in [0.05, 0.1) is 0 Å². The van der Waals surface area contributed by atoms with Crippen LogP contribution in [0, 0.1) is 5.41 Å². The van der Waals surface area contributed by atoms with Gasteiger partial charge in [0.1, 0.15) is 13.5 Å². The summed E-state index contributed by atoms with van der Waals surface area (Å²) in [5.41, 5.74) is -0.412. The minimum Gasteiger partial charge on any atom is -0.309 e. The van der Waals surface area contributed by atoms with Crippen molar-refractivity contribution in [3.63, 3.8) is 0 Å². The maximum Gasteiger partial charge on any atom is 0.126 e. The normalized spacial score (nSPS) is 14.7. The van der Waals surface area contributed by atoms with Gasteiger partial charge < -0.3 is 5.41 Å². The molecule has 0 aliphatic rings. The highest BCUT2D eigenvalue weighted by molar-refractivity contribution is 6.32. The Hall–Kier alpha value is -0.855. The average Bonchev–Trinajstić information content (AvgIpc) is 1.97. The Morgan fingerprint density at radius 1 is 1.42 bits per heavy atom. The van der Waals surface area contributed by atoms with Crippen molar-refractivity contribution in [1.29, 1.82) is 5.41 Å². The van der Waals surface area contributed by atoms with Crippen LogP contribution in [-0.4, -0.2) is 19.7 Å². The van der Waals surface area contributed by atoms with Gasteiger partial charge in [-0.25, -0.2) is 4.39 Å². The number of alkyl halides is 1. The van der Waals surface area contributed by atoms with Crippen molar-refractivity contribution in [2.75, 3.05) is 0 Å². The van der Waals surface area contributed by atoms with Gasteiger partial charge in [0, 0.05) is 6.21 Å². The summed E-state index contributed by atoms with van der Waals surface area (Å²) in [5.74, 6) is 0. The van der Waals surface area contributed by atoms with Gasteiger partial charge in [-0.05, 0) is 26.3 Å². The zero-order chi connectivity index (χ0) is 9.78. The zero-order valence-corrected chi connectivity index (χ0v) is 7.69. The third-order valence-electron chi connectivity index (χ3n) is 1.63.